The van der Waals surface area contributed by atoms with Crippen molar-refractivity contribution < 1.29 is 9.53 Å². The van der Waals surface area contributed by atoms with Crippen LogP contribution in [0.15, 0.2) is 30.5 Å². The fourth-order valence-corrected chi connectivity index (χ4v) is 2.25. The molecule has 0 amide bonds. The first-order valence-electron chi connectivity index (χ1n) is 6.48. The normalized spacial score (nSPS) is 10.8. The monoisotopic (exact) mass is 245 g/mol. The van der Waals surface area contributed by atoms with Crippen molar-refractivity contribution in [2.45, 2.75) is 33.2 Å². The SMILES string of the molecule is CCOC(=O)CCc1cn(CC)c2ccccc12. The predicted octanol–water partition coefficient (Wildman–Crippen LogP) is 3.16. The molecule has 0 aliphatic heterocycles. The number of benzene rings is 1. The number of aryl methyl sites for hydroxylation is 2. The minimum absolute atomic E-state index is 0.120. The van der Waals surface area contributed by atoms with Crippen molar-refractivity contribution in [1.29, 1.82) is 0 Å². The molecule has 0 unspecified atom stereocenters. The third-order valence-electron chi connectivity index (χ3n) is 3.12. The molecule has 3 heteroatoms. The molecule has 0 aliphatic rings. The lowest BCUT2D eigenvalue weighted by Gasteiger charge is -2.00. The van der Waals surface area contributed by atoms with Crippen molar-refractivity contribution >= 4 is 16.9 Å². The number of hydrogen-bond donors (Lipinski definition) is 0. The Hall–Kier alpha value is -1.77. The first-order valence-corrected chi connectivity index (χ1v) is 6.48. The Morgan fingerprint density at radius 3 is 2.78 bits per heavy atom. The molecule has 18 heavy (non-hydrogen) atoms. The summed E-state index contributed by atoms with van der Waals surface area (Å²) >= 11 is 0. The second kappa shape index (κ2) is 5.71. The van der Waals surface area contributed by atoms with Crippen molar-refractivity contribution in [1.82, 2.24) is 4.57 Å². The smallest absolute Gasteiger partial charge is 0.306 e. The molecule has 0 spiro atoms. The molecule has 96 valence electrons. The maximum atomic E-state index is 11.4. The molecule has 0 fully saturated rings. The van der Waals surface area contributed by atoms with Crippen LogP contribution in [-0.2, 0) is 22.5 Å². The molecule has 1 heterocycles. The predicted molar refractivity (Wildman–Crippen MR) is 72.6 cm³/mol. The van der Waals surface area contributed by atoms with Gasteiger partial charge in [-0.25, -0.2) is 0 Å². The molecule has 0 N–H and O–H groups in total. The Labute approximate surface area is 107 Å². The van der Waals surface area contributed by atoms with Crippen LogP contribution in [0.1, 0.15) is 25.8 Å². The summed E-state index contributed by atoms with van der Waals surface area (Å²) in [5.74, 6) is -0.120. The second-order valence-electron chi connectivity index (χ2n) is 4.26. The number of fused-ring (bicyclic) bond motifs is 1. The van der Waals surface area contributed by atoms with Gasteiger partial charge in [0.1, 0.15) is 0 Å². The summed E-state index contributed by atoms with van der Waals surface area (Å²) in [4.78, 5) is 11.4. The van der Waals surface area contributed by atoms with Crippen LogP contribution in [0.4, 0.5) is 0 Å². The molecule has 1 aromatic heterocycles. The summed E-state index contributed by atoms with van der Waals surface area (Å²) in [7, 11) is 0. The summed E-state index contributed by atoms with van der Waals surface area (Å²) in [5.41, 5.74) is 2.46. The maximum absolute atomic E-state index is 11.4. The lowest BCUT2D eigenvalue weighted by Crippen LogP contribution is -2.04. The van der Waals surface area contributed by atoms with Crippen LogP contribution in [0.5, 0.6) is 0 Å². The van der Waals surface area contributed by atoms with E-state index in [0.717, 1.165) is 13.0 Å². The van der Waals surface area contributed by atoms with Crippen molar-refractivity contribution in [2.24, 2.45) is 0 Å². The fraction of sp³-hybridized carbons (Fsp3) is 0.400. The maximum Gasteiger partial charge on any atom is 0.306 e. The molecule has 2 aromatic rings. The first kappa shape index (κ1) is 12.7. The van der Waals surface area contributed by atoms with E-state index in [0.29, 0.717) is 13.0 Å². The average molecular weight is 245 g/mol. The molecule has 0 bridgehead atoms. The third kappa shape index (κ3) is 2.55. The minimum Gasteiger partial charge on any atom is -0.466 e. The molecule has 1 aromatic carbocycles. The minimum atomic E-state index is -0.120. The van der Waals surface area contributed by atoms with E-state index in [-0.39, 0.29) is 5.97 Å². The summed E-state index contributed by atoms with van der Waals surface area (Å²) in [6.45, 7) is 5.36. The molecule has 0 atom stereocenters. The van der Waals surface area contributed by atoms with Gasteiger partial charge in [-0.2, -0.15) is 0 Å². The van der Waals surface area contributed by atoms with E-state index in [4.69, 9.17) is 4.74 Å². The molecule has 0 aliphatic carbocycles. The highest BCUT2D eigenvalue weighted by molar-refractivity contribution is 5.84. The molecule has 0 saturated carbocycles. The van der Waals surface area contributed by atoms with Gasteiger partial charge in [0.15, 0.2) is 0 Å². The van der Waals surface area contributed by atoms with E-state index >= 15 is 0 Å². The molecular formula is C15H19NO2. The number of para-hydroxylation sites is 1. The van der Waals surface area contributed by atoms with E-state index in [1.54, 1.807) is 0 Å². The Balaban J connectivity index is 2.20. The Kier molecular flexibility index (Phi) is 4.03. The van der Waals surface area contributed by atoms with Gasteiger partial charge in [0, 0.05) is 30.1 Å². The molecule has 2 rings (SSSR count). The van der Waals surface area contributed by atoms with E-state index in [9.17, 15) is 4.79 Å². The summed E-state index contributed by atoms with van der Waals surface area (Å²) in [6, 6.07) is 8.31. The van der Waals surface area contributed by atoms with Crippen molar-refractivity contribution in [3.8, 4) is 0 Å². The first-order chi connectivity index (χ1) is 8.76. The van der Waals surface area contributed by atoms with E-state index in [2.05, 4.69) is 29.8 Å². The number of carbonyl (C=O) groups excluding carboxylic acids is 1. The zero-order chi connectivity index (χ0) is 13.0. The summed E-state index contributed by atoms with van der Waals surface area (Å²) < 4.78 is 7.18. The number of hydrogen-bond acceptors (Lipinski definition) is 2. The summed E-state index contributed by atoms with van der Waals surface area (Å²) in [5, 5.41) is 1.24. The van der Waals surface area contributed by atoms with E-state index in [1.165, 1.54) is 16.5 Å². The quantitative estimate of drug-likeness (QED) is 0.758. The molecule has 0 radical (unpaired) electrons. The van der Waals surface area contributed by atoms with Crippen LogP contribution in [-0.4, -0.2) is 17.1 Å². The van der Waals surface area contributed by atoms with Gasteiger partial charge >= 0.3 is 5.97 Å². The van der Waals surface area contributed by atoms with E-state index in [1.807, 2.05) is 19.1 Å². The highest BCUT2D eigenvalue weighted by atomic mass is 16.5. The van der Waals surface area contributed by atoms with Gasteiger partial charge in [-0.1, -0.05) is 18.2 Å². The standard InChI is InChI=1S/C15H19NO2/c1-3-16-11-12(9-10-15(17)18-4-2)13-7-5-6-8-14(13)16/h5-8,11H,3-4,9-10H2,1-2H3. The Bertz CT molecular complexity index is 542. The van der Waals surface area contributed by atoms with Crippen molar-refractivity contribution in [3.05, 3.63) is 36.0 Å². The van der Waals surface area contributed by atoms with Crippen LogP contribution < -0.4 is 0 Å². The Morgan fingerprint density at radius 1 is 1.28 bits per heavy atom. The number of rotatable bonds is 5. The largest absolute Gasteiger partial charge is 0.466 e. The number of esters is 1. The second-order valence-corrected chi connectivity index (χ2v) is 4.26. The van der Waals surface area contributed by atoms with Gasteiger partial charge in [0.05, 0.1) is 6.61 Å². The number of ether oxygens (including phenoxy) is 1. The highest BCUT2D eigenvalue weighted by Gasteiger charge is 2.09. The number of aromatic nitrogens is 1. The van der Waals surface area contributed by atoms with Crippen molar-refractivity contribution in [2.75, 3.05) is 6.61 Å². The van der Waals surface area contributed by atoms with Crippen LogP contribution in [0.2, 0.25) is 0 Å². The van der Waals surface area contributed by atoms with Crippen LogP contribution >= 0.6 is 0 Å². The van der Waals surface area contributed by atoms with Crippen molar-refractivity contribution in [3.63, 3.8) is 0 Å². The lowest BCUT2D eigenvalue weighted by molar-refractivity contribution is -0.143. The van der Waals surface area contributed by atoms with Crippen LogP contribution in [0.3, 0.4) is 0 Å². The number of nitrogens with zero attached hydrogens (tertiary/aromatic N) is 1. The fourth-order valence-electron chi connectivity index (χ4n) is 2.25. The van der Waals surface area contributed by atoms with Crippen LogP contribution in [0.25, 0.3) is 10.9 Å². The lowest BCUT2D eigenvalue weighted by atomic mass is 10.1. The molecular weight excluding hydrogens is 226 g/mol. The third-order valence-corrected chi connectivity index (χ3v) is 3.12. The Morgan fingerprint density at radius 2 is 2.06 bits per heavy atom. The van der Waals surface area contributed by atoms with E-state index < -0.39 is 0 Å². The van der Waals surface area contributed by atoms with Gasteiger partial charge in [0.2, 0.25) is 0 Å². The summed E-state index contributed by atoms with van der Waals surface area (Å²) in [6.07, 6.45) is 3.34. The van der Waals surface area contributed by atoms with Crippen LogP contribution in [0, 0.1) is 0 Å². The molecule has 0 saturated heterocycles. The zero-order valence-corrected chi connectivity index (χ0v) is 11.0. The van der Waals surface area contributed by atoms with Gasteiger partial charge in [-0.3, -0.25) is 4.79 Å². The van der Waals surface area contributed by atoms with Gasteiger partial charge in [-0.05, 0) is 31.9 Å². The number of carbonyl (C=O) groups is 1. The topological polar surface area (TPSA) is 31.2 Å². The zero-order valence-electron chi connectivity index (χ0n) is 11.0. The average Bonchev–Trinajstić information content (AvgIpc) is 2.75. The molecule has 3 nitrogen and oxygen atoms in total. The van der Waals surface area contributed by atoms with Gasteiger partial charge in [-0.15, -0.1) is 0 Å². The van der Waals surface area contributed by atoms with Gasteiger partial charge in [0.25, 0.3) is 0 Å². The van der Waals surface area contributed by atoms with Gasteiger partial charge < -0.3 is 9.30 Å². The highest BCUT2D eigenvalue weighted by Crippen LogP contribution is 2.22.